The summed E-state index contributed by atoms with van der Waals surface area (Å²) in [6, 6.07) is 0.613. The minimum absolute atomic E-state index is 0. The van der Waals surface area contributed by atoms with Gasteiger partial charge in [-0.05, 0) is 18.8 Å². The molecule has 0 aromatic heterocycles. The fourth-order valence-corrected chi connectivity index (χ4v) is 2.96. The van der Waals surface area contributed by atoms with Crippen molar-refractivity contribution in [1.82, 2.24) is 10.6 Å². The Labute approximate surface area is 116 Å². The monoisotopic (exact) mass is 276 g/mol. The minimum atomic E-state index is 0. The molecule has 0 aromatic carbocycles. The van der Waals surface area contributed by atoms with Crippen LogP contribution in [0.15, 0.2) is 0 Å². The van der Waals surface area contributed by atoms with Crippen molar-refractivity contribution in [3.63, 3.8) is 0 Å². The molecule has 1 amide bonds. The van der Waals surface area contributed by atoms with E-state index in [2.05, 4.69) is 17.6 Å². The summed E-state index contributed by atoms with van der Waals surface area (Å²) in [5.41, 5.74) is 0. The molecule has 0 bridgehead atoms. The summed E-state index contributed by atoms with van der Waals surface area (Å²) >= 11 is 0. The number of carbonyl (C=O) groups excluding carboxylic acids is 1. The van der Waals surface area contributed by atoms with E-state index in [4.69, 9.17) is 4.74 Å². The molecule has 2 aliphatic rings. The number of morpholine rings is 1. The molecule has 1 saturated heterocycles. The lowest BCUT2D eigenvalue weighted by atomic mass is 10.0. The SMILES string of the molecule is CCC1CCCC1NC(=O)CC1COCCN1.Cl. The Kier molecular flexibility index (Phi) is 6.97. The van der Waals surface area contributed by atoms with Crippen LogP contribution in [0.2, 0.25) is 0 Å². The fraction of sp³-hybridized carbons (Fsp3) is 0.923. The molecular weight excluding hydrogens is 252 g/mol. The standard InChI is InChI=1S/C13H24N2O2.ClH/c1-2-10-4-3-5-12(10)15-13(16)8-11-9-17-7-6-14-11;/h10-12,14H,2-9H2,1H3,(H,15,16);1H. The Morgan fingerprint density at radius 1 is 1.44 bits per heavy atom. The fourth-order valence-electron chi connectivity index (χ4n) is 2.96. The predicted octanol–water partition coefficient (Wildman–Crippen LogP) is 1.48. The van der Waals surface area contributed by atoms with Gasteiger partial charge in [-0.25, -0.2) is 0 Å². The van der Waals surface area contributed by atoms with Crippen molar-refractivity contribution in [2.45, 2.75) is 51.1 Å². The molecule has 2 N–H and O–H groups in total. The van der Waals surface area contributed by atoms with Gasteiger partial charge in [-0.1, -0.05) is 19.8 Å². The number of hydrogen-bond donors (Lipinski definition) is 2. The topological polar surface area (TPSA) is 50.4 Å². The zero-order valence-electron chi connectivity index (χ0n) is 11.1. The van der Waals surface area contributed by atoms with Crippen LogP contribution >= 0.6 is 12.4 Å². The Morgan fingerprint density at radius 3 is 2.94 bits per heavy atom. The largest absolute Gasteiger partial charge is 0.378 e. The molecule has 2 rings (SSSR count). The van der Waals surface area contributed by atoms with Crippen molar-refractivity contribution in [2.75, 3.05) is 19.8 Å². The zero-order valence-corrected chi connectivity index (χ0v) is 11.9. The van der Waals surface area contributed by atoms with Crippen molar-refractivity contribution in [3.05, 3.63) is 0 Å². The third-order valence-electron chi connectivity index (χ3n) is 3.96. The molecule has 106 valence electrons. The second kappa shape index (κ2) is 7.97. The van der Waals surface area contributed by atoms with Crippen LogP contribution in [0, 0.1) is 5.92 Å². The normalized spacial score (nSPS) is 31.7. The van der Waals surface area contributed by atoms with Crippen molar-refractivity contribution in [2.24, 2.45) is 5.92 Å². The lowest BCUT2D eigenvalue weighted by Gasteiger charge is -2.25. The second-order valence-electron chi connectivity index (χ2n) is 5.20. The molecule has 2 fully saturated rings. The molecule has 5 heteroatoms. The third-order valence-corrected chi connectivity index (χ3v) is 3.96. The van der Waals surface area contributed by atoms with Gasteiger partial charge in [0.1, 0.15) is 0 Å². The van der Waals surface area contributed by atoms with Crippen molar-refractivity contribution >= 4 is 18.3 Å². The average Bonchev–Trinajstić information content (AvgIpc) is 2.77. The molecule has 3 atom stereocenters. The third kappa shape index (κ3) is 4.41. The predicted molar refractivity (Wildman–Crippen MR) is 74.0 cm³/mol. The van der Waals surface area contributed by atoms with E-state index < -0.39 is 0 Å². The quantitative estimate of drug-likeness (QED) is 0.818. The van der Waals surface area contributed by atoms with Crippen LogP contribution in [0.5, 0.6) is 0 Å². The molecule has 3 unspecified atom stereocenters. The summed E-state index contributed by atoms with van der Waals surface area (Å²) in [4.78, 5) is 11.9. The Bertz CT molecular complexity index is 257. The van der Waals surface area contributed by atoms with Gasteiger partial charge >= 0.3 is 0 Å². The van der Waals surface area contributed by atoms with Gasteiger partial charge in [0.25, 0.3) is 0 Å². The zero-order chi connectivity index (χ0) is 12.1. The Morgan fingerprint density at radius 2 is 2.28 bits per heavy atom. The van der Waals surface area contributed by atoms with Crippen molar-refractivity contribution in [3.8, 4) is 0 Å². The molecule has 0 spiro atoms. The first-order valence-electron chi connectivity index (χ1n) is 6.90. The molecule has 1 saturated carbocycles. The first-order chi connectivity index (χ1) is 8.29. The van der Waals surface area contributed by atoms with E-state index in [1.807, 2.05) is 0 Å². The highest BCUT2D eigenvalue weighted by molar-refractivity contribution is 5.85. The molecule has 1 aliphatic heterocycles. The number of amides is 1. The number of hydrogen-bond acceptors (Lipinski definition) is 3. The van der Waals surface area contributed by atoms with E-state index in [0.717, 1.165) is 19.6 Å². The molecule has 4 nitrogen and oxygen atoms in total. The summed E-state index contributed by atoms with van der Waals surface area (Å²) < 4.78 is 5.35. The maximum Gasteiger partial charge on any atom is 0.221 e. The molecule has 0 radical (unpaired) electrons. The number of halogens is 1. The van der Waals surface area contributed by atoms with Crippen LogP contribution in [0.1, 0.15) is 39.0 Å². The molecule has 18 heavy (non-hydrogen) atoms. The van der Waals surface area contributed by atoms with Gasteiger partial charge in [-0.2, -0.15) is 0 Å². The van der Waals surface area contributed by atoms with Crippen LogP contribution < -0.4 is 10.6 Å². The minimum Gasteiger partial charge on any atom is -0.378 e. The van der Waals surface area contributed by atoms with Crippen LogP contribution in [0.3, 0.4) is 0 Å². The van der Waals surface area contributed by atoms with E-state index >= 15 is 0 Å². The van der Waals surface area contributed by atoms with Gasteiger partial charge in [-0.15, -0.1) is 12.4 Å². The highest BCUT2D eigenvalue weighted by Crippen LogP contribution is 2.28. The summed E-state index contributed by atoms with van der Waals surface area (Å²) in [5.74, 6) is 0.868. The second-order valence-corrected chi connectivity index (χ2v) is 5.20. The lowest BCUT2D eigenvalue weighted by Crippen LogP contribution is -2.46. The Balaban J connectivity index is 0.00000162. The van der Waals surface area contributed by atoms with E-state index in [0.29, 0.717) is 25.0 Å². The van der Waals surface area contributed by atoms with Gasteiger partial charge in [0.15, 0.2) is 0 Å². The summed E-state index contributed by atoms with van der Waals surface area (Å²) in [6.07, 6.45) is 5.40. The first-order valence-corrected chi connectivity index (χ1v) is 6.90. The number of nitrogens with one attached hydrogen (secondary N) is 2. The molecule has 0 aromatic rings. The maximum atomic E-state index is 11.9. The summed E-state index contributed by atoms with van der Waals surface area (Å²) in [5, 5.41) is 6.51. The van der Waals surface area contributed by atoms with Gasteiger partial charge in [0.05, 0.1) is 13.2 Å². The van der Waals surface area contributed by atoms with Crippen LogP contribution in [-0.4, -0.2) is 37.7 Å². The average molecular weight is 277 g/mol. The van der Waals surface area contributed by atoms with E-state index in [1.54, 1.807) is 0 Å². The number of carbonyl (C=O) groups is 1. The van der Waals surface area contributed by atoms with E-state index in [-0.39, 0.29) is 24.4 Å². The highest BCUT2D eigenvalue weighted by atomic mass is 35.5. The summed E-state index contributed by atoms with van der Waals surface area (Å²) in [6.45, 7) is 4.50. The lowest BCUT2D eigenvalue weighted by molar-refractivity contribution is -0.123. The van der Waals surface area contributed by atoms with Gasteiger partial charge < -0.3 is 15.4 Å². The smallest absolute Gasteiger partial charge is 0.221 e. The van der Waals surface area contributed by atoms with Crippen molar-refractivity contribution < 1.29 is 9.53 Å². The number of ether oxygens (including phenoxy) is 1. The molecular formula is C13H25ClN2O2. The van der Waals surface area contributed by atoms with Crippen LogP contribution in [0.4, 0.5) is 0 Å². The van der Waals surface area contributed by atoms with E-state index in [9.17, 15) is 4.79 Å². The first kappa shape index (κ1) is 15.7. The highest BCUT2D eigenvalue weighted by Gasteiger charge is 2.27. The van der Waals surface area contributed by atoms with E-state index in [1.165, 1.54) is 19.3 Å². The van der Waals surface area contributed by atoms with Gasteiger partial charge in [-0.3, -0.25) is 4.79 Å². The maximum absolute atomic E-state index is 11.9. The van der Waals surface area contributed by atoms with Gasteiger partial charge in [0, 0.05) is 25.0 Å². The van der Waals surface area contributed by atoms with Crippen LogP contribution in [-0.2, 0) is 9.53 Å². The molecule has 1 heterocycles. The van der Waals surface area contributed by atoms with Gasteiger partial charge in [0.2, 0.25) is 5.91 Å². The number of rotatable bonds is 4. The van der Waals surface area contributed by atoms with Crippen molar-refractivity contribution in [1.29, 1.82) is 0 Å². The van der Waals surface area contributed by atoms with Crippen LogP contribution in [0.25, 0.3) is 0 Å². The molecule has 1 aliphatic carbocycles. The Hall–Kier alpha value is -0.320. The summed E-state index contributed by atoms with van der Waals surface area (Å²) in [7, 11) is 0.